The van der Waals surface area contributed by atoms with Crippen LogP contribution in [-0.4, -0.2) is 5.78 Å². The lowest BCUT2D eigenvalue weighted by atomic mass is 9.68. The molecule has 2 rings (SSSR count). The minimum absolute atomic E-state index is 0.172. The molecule has 2 fully saturated rings. The van der Waals surface area contributed by atoms with Crippen molar-refractivity contribution in [2.45, 2.75) is 66.2 Å². The summed E-state index contributed by atoms with van der Waals surface area (Å²) in [5, 5.41) is 0. The monoisotopic (exact) mass is 234 g/mol. The maximum Gasteiger partial charge on any atom is 0.141 e. The summed E-state index contributed by atoms with van der Waals surface area (Å²) in [6, 6.07) is 0. The van der Waals surface area contributed by atoms with E-state index in [-0.39, 0.29) is 5.41 Å². The largest absolute Gasteiger partial charge is 0.299 e. The van der Waals surface area contributed by atoms with Gasteiger partial charge >= 0.3 is 0 Å². The summed E-state index contributed by atoms with van der Waals surface area (Å²) >= 11 is 0. The van der Waals surface area contributed by atoms with E-state index in [1.54, 1.807) is 11.1 Å². The van der Waals surface area contributed by atoms with Gasteiger partial charge in [-0.1, -0.05) is 44.8 Å². The summed E-state index contributed by atoms with van der Waals surface area (Å²) in [7, 11) is 0. The van der Waals surface area contributed by atoms with Crippen LogP contribution < -0.4 is 0 Å². The minimum atomic E-state index is -0.172. The first-order valence-corrected chi connectivity index (χ1v) is 7.14. The molecule has 1 heteroatoms. The molecule has 0 heterocycles. The van der Waals surface area contributed by atoms with Crippen molar-refractivity contribution in [2.24, 2.45) is 17.3 Å². The van der Waals surface area contributed by atoms with Crippen LogP contribution in [0.3, 0.4) is 0 Å². The van der Waals surface area contributed by atoms with Crippen molar-refractivity contribution < 1.29 is 4.79 Å². The van der Waals surface area contributed by atoms with Crippen LogP contribution in [0.4, 0.5) is 0 Å². The Morgan fingerprint density at radius 1 is 1.06 bits per heavy atom. The third-order valence-corrected chi connectivity index (χ3v) is 4.46. The average Bonchev–Trinajstić information content (AvgIpc) is 3.09. The average molecular weight is 234 g/mol. The first-order valence-electron chi connectivity index (χ1n) is 7.14. The molecular formula is C16H26O. The molecule has 0 aromatic rings. The van der Waals surface area contributed by atoms with Crippen molar-refractivity contribution in [3.05, 3.63) is 11.1 Å². The van der Waals surface area contributed by atoms with Gasteiger partial charge in [0.25, 0.3) is 0 Å². The predicted molar refractivity (Wildman–Crippen MR) is 71.8 cm³/mol. The van der Waals surface area contributed by atoms with Gasteiger partial charge < -0.3 is 0 Å². The Morgan fingerprint density at radius 3 is 2.06 bits per heavy atom. The minimum Gasteiger partial charge on any atom is -0.299 e. The molecular weight excluding hydrogens is 208 g/mol. The Labute approximate surface area is 106 Å². The molecule has 96 valence electrons. The second-order valence-corrected chi connectivity index (χ2v) is 6.90. The van der Waals surface area contributed by atoms with Gasteiger partial charge in [-0.3, -0.25) is 4.79 Å². The zero-order chi connectivity index (χ0) is 12.6. The van der Waals surface area contributed by atoms with E-state index in [1.807, 2.05) is 0 Å². The number of ketones is 1. The van der Waals surface area contributed by atoms with Crippen LogP contribution in [0.15, 0.2) is 11.1 Å². The molecule has 0 aromatic heterocycles. The van der Waals surface area contributed by atoms with E-state index in [0.717, 1.165) is 6.42 Å². The highest BCUT2D eigenvalue weighted by Gasteiger charge is 2.38. The third kappa shape index (κ3) is 2.81. The van der Waals surface area contributed by atoms with Gasteiger partial charge in [0.15, 0.2) is 0 Å². The third-order valence-electron chi connectivity index (χ3n) is 4.46. The Balaban J connectivity index is 2.18. The molecule has 2 atom stereocenters. The molecule has 1 nitrogen and oxygen atoms in total. The van der Waals surface area contributed by atoms with Crippen LogP contribution in [0.25, 0.3) is 0 Å². The summed E-state index contributed by atoms with van der Waals surface area (Å²) in [6.45, 7) is 8.49. The molecule has 2 saturated carbocycles. The van der Waals surface area contributed by atoms with Crippen molar-refractivity contribution in [1.82, 2.24) is 0 Å². The number of carbonyl (C=O) groups excluding carboxylic acids is 1. The van der Waals surface area contributed by atoms with Crippen LogP contribution in [0.5, 0.6) is 0 Å². The van der Waals surface area contributed by atoms with Gasteiger partial charge in [0.05, 0.1) is 0 Å². The van der Waals surface area contributed by atoms with E-state index in [2.05, 4.69) is 27.7 Å². The Bertz CT molecular complexity index is 337. The molecule has 0 aliphatic heterocycles. The van der Waals surface area contributed by atoms with Crippen LogP contribution in [0.1, 0.15) is 66.2 Å². The summed E-state index contributed by atoms with van der Waals surface area (Å²) in [5.74, 6) is 1.35. The lowest BCUT2D eigenvalue weighted by Crippen LogP contribution is -2.35. The van der Waals surface area contributed by atoms with Crippen molar-refractivity contribution in [3.63, 3.8) is 0 Å². The first-order chi connectivity index (χ1) is 7.91. The van der Waals surface area contributed by atoms with Gasteiger partial charge in [-0.05, 0) is 38.5 Å². The molecule has 2 aliphatic carbocycles. The van der Waals surface area contributed by atoms with Crippen molar-refractivity contribution in [1.29, 1.82) is 0 Å². The highest BCUT2D eigenvalue weighted by molar-refractivity contribution is 5.86. The smallest absolute Gasteiger partial charge is 0.141 e. The highest BCUT2D eigenvalue weighted by Crippen LogP contribution is 2.44. The van der Waals surface area contributed by atoms with E-state index in [0.29, 0.717) is 17.6 Å². The fourth-order valence-corrected chi connectivity index (χ4v) is 3.24. The van der Waals surface area contributed by atoms with E-state index in [4.69, 9.17) is 0 Å². The number of Topliss-reactive ketones (excluding diaryl/α,β-unsaturated/α-hetero) is 1. The molecule has 0 amide bonds. The van der Waals surface area contributed by atoms with Gasteiger partial charge in [-0.2, -0.15) is 0 Å². The molecule has 0 spiro atoms. The van der Waals surface area contributed by atoms with Gasteiger partial charge in [0, 0.05) is 11.3 Å². The predicted octanol–water partition coefficient (Wildman–Crippen LogP) is 4.52. The summed E-state index contributed by atoms with van der Waals surface area (Å²) in [5.41, 5.74) is 3.03. The van der Waals surface area contributed by atoms with Crippen LogP contribution in [0.2, 0.25) is 0 Å². The summed E-state index contributed by atoms with van der Waals surface area (Å²) in [6.07, 6.45) is 7.49. The zero-order valence-electron chi connectivity index (χ0n) is 11.8. The fourth-order valence-electron chi connectivity index (χ4n) is 3.24. The number of carbonyl (C=O) groups is 1. The van der Waals surface area contributed by atoms with Crippen LogP contribution >= 0.6 is 0 Å². The van der Waals surface area contributed by atoms with Crippen molar-refractivity contribution in [2.75, 3.05) is 0 Å². The van der Waals surface area contributed by atoms with E-state index < -0.39 is 0 Å². The maximum atomic E-state index is 12.6. The lowest BCUT2D eigenvalue weighted by molar-refractivity contribution is -0.132. The maximum absolute atomic E-state index is 12.6. The van der Waals surface area contributed by atoms with Gasteiger partial charge in [-0.25, -0.2) is 0 Å². The molecule has 0 saturated heterocycles. The zero-order valence-corrected chi connectivity index (χ0v) is 11.8. The Hall–Kier alpha value is -0.590. The van der Waals surface area contributed by atoms with Crippen LogP contribution in [-0.2, 0) is 4.79 Å². The molecule has 17 heavy (non-hydrogen) atoms. The highest BCUT2D eigenvalue weighted by atomic mass is 16.1. The number of hydrogen-bond donors (Lipinski definition) is 0. The SMILES string of the molecule is CC(=C1CC1)C1CCCCC1C(=O)C(C)(C)C. The lowest BCUT2D eigenvalue weighted by Gasteiger charge is -2.35. The fraction of sp³-hybridized carbons (Fsp3) is 0.812. The quantitative estimate of drug-likeness (QED) is 0.642. The second-order valence-electron chi connectivity index (χ2n) is 6.90. The van der Waals surface area contributed by atoms with E-state index in [1.165, 1.54) is 32.1 Å². The molecule has 0 aromatic carbocycles. The molecule has 2 unspecified atom stereocenters. The van der Waals surface area contributed by atoms with Crippen molar-refractivity contribution in [3.8, 4) is 0 Å². The molecule has 0 bridgehead atoms. The van der Waals surface area contributed by atoms with Crippen LogP contribution in [0, 0.1) is 17.3 Å². The standard InChI is InChI=1S/C16H26O/c1-11(12-9-10-12)13-7-5-6-8-14(13)15(17)16(2,3)4/h13-14H,5-10H2,1-4H3. The van der Waals surface area contributed by atoms with Gasteiger partial charge in [-0.15, -0.1) is 0 Å². The molecule has 0 N–H and O–H groups in total. The second kappa shape index (κ2) is 4.59. The van der Waals surface area contributed by atoms with E-state index in [9.17, 15) is 4.79 Å². The molecule has 2 aliphatic rings. The number of hydrogen-bond acceptors (Lipinski definition) is 1. The Morgan fingerprint density at radius 2 is 1.59 bits per heavy atom. The van der Waals surface area contributed by atoms with E-state index >= 15 is 0 Å². The van der Waals surface area contributed by atoms with Gasteiger partial charge in [0.1, 0.15) is 5.78 Å². The normalized spacial score (nSPS) is 29.1. The first kappa shape index (κ1) is 12.9. The summed E-state index contributed by atoms with van der Waals surface area (Å²) < 4.78 is 0. The number of rotatable bonds is 2. The topological polar surface area (TPSA) is 17.1 Å². The molecule has 0 radical (unpaired) electrons. The Kier molecular flexibility index (Phi) is 3.47. The summed E-state index contributed by atoms with van der Waals surface area (Å²) in [4.78, 5) is 12.6. The van der Waals surface area contributed by atoms with Gasteiger partial charge in [0.2, 0.25) is 0 Å². The van der Waals surface area contributed by atoms with Crippen molar-refractivity contribution >= 4 is 5.78 Å². The number of allylic oxidation sites excluding steroid dienone is 2.